The maximum Gasteiger partial charge on any atom is 0.177 e. The van der Waals surface area contributed by atoms with Crippen molar-refractivity contribution in [1.29, 1.82) is 0 Å². The zero-order valence-corrected chi connectivity index (χ0v) is 9.92. The van der Waals surface area contributed by atoms with Gasteiger partial charge in [-0.2, -0.15) is 0 Å². The van der Waals surface area contributed by atoms with E-state index in [1.165, 1.54) is 0 Å². The molecule has 2 rings (SSSR count). The maximum atomic E-state index is 11.1. The predicted molar refractivity (Wildman–Crippen MR) is 62.7 cm³/mol. The first-order valence-corrected chi connectivity index (χ1v) is 5.51. The smallest absolute Gasteiger partial charge is 0.177 e. The number of methoxy groups -OCH3 is 2. The third-order valence-electron chi connectivity index (χ3n) is 3.04. The Kier molecular flexibility index (Phi) is 3.71. The fraction of sp³-hybridized carbons (Fsp3) is 0.500. The molecule has 17 heavy (non-hydrogen) atoms. The highest BCUT2D eigenvalue weighted by Crippen LogP contribution is 2.27. The molecule has 0 aromatic carbocycles. The minimum atomic E-state index is -0.458. The molecule has 0 bridgehead atoms. The minimum Gasteiger partial charge on any atom is -0.361 e. The SMILES string of the molecule is COC(OC)C1Nc2ncccc2CC1C=O. The number of nitrogens with zero attached hydrogens (tertiary/aromatic N) is 1. The molecule has 0 spiro atoms. The van der Waals surface area contributed by atoms with E-state index >= 15 is 0 Å². The summed E-state index contributed by atoms with van der Waals surface area (Å²) in [6, 6.07) is 3.63. The minimum absolute atomic E-state index is 0.170. The zero-order valence-electron chi connectivity index (χ0n) is 9.92. The van der Waals surface area contributed by atoms with Gasteiger partial charge in [0, 0.05) is 26.3 Å². The fourth-order valence-corrected chi connectivity index (χ4v) is 2.17. The van der Waals surface area contributed by atoms with E-state index in [0.717, 1.165) is 17.7 Å². The summed E-state index contributed by atoms with van der Waals surface area (Å²) in [5, 5.41) is 3.21. The third-order valence-corrected chi connectivity index (χ3v) is 3.04. The van der Waals surface area contributed by atoms with Crippen molar-refractivity contribution >= 4 is 12.1 Å². The summed E-state index contributed by atoms with van der Waals surface area (Å²) < 4.78 is 10.4. The van der Waals surface area contributed by atoms with E-state index in [2.05, 4.69) is 10.3 Å². The van der Waals surface area contributed by atoms with Crippen LogP contribution in [-0.2, 0) is 20.7 Å². The highest BCUT2D eigenvalue weighted by molar-refractivity contribution is 5.61. The standard InChI is InChI=1S/C12H16N2O3/c1-16-12(17-2)10-9(7-15)6-8-4-3-5-13-11(8)14-10/h3-5,7,9-10,12H,6H2,1-2H3,(H,13,14). The number of fused-ring (bicyclic) bond motifs is 1. The van der Waals surface area contributed by atoms with Gasteiger partial charge >= 0.3 is 0 Å². The number of aldehydes is 1. The molecule has 5 heteroatoms. The molecule has 2 unspecified atom stereocenters. The van der Waals surface area contributed by atoms with Gasteiger partial charge in [0.05, 0.1) is 6.04 Å². The Labute approximate surface area is 100 Å². The van der Waals surface area contributed by atoms with Gasteiger partial charge in [-0.15, -0.1) is 0 Å². The quantitative estimate of drug-likeness (QED) is 0.620. The van der Waals surface area contributed by atoms with Gasteiger partial charge in [-0.25, -0.2) is 4.98 Å². The van der Waals surface area contributed by atoms with Crippen molar-refractivity contribution in [2.45, 2.75) is 18.8 Å². The normalized spacial score (nSPS) is 23.0. The number of hydrogen-bond donors (Lipinski definition) is 1. The number of anilines is 1. The number of hydrogen-bond acceptors (Lipinski definition) is 5. The number of ether oxygens (including phenoxy) is 2. The average molecular weight is 236 g/mol. The van der Waals surface area contributed by atoms with Crippen molar-refractivity contribution in [2.75, 3.05) is 19.5 Å². The molecule has 5 nitrogen and oxygen atoms in total. The summed E-state index contributed by atoms with van der Waals surface area (Å²) in [4.78, 5) is 15.4. The Morgan fingerprint density at radius 1 is 1.53 bits per heavy atom. The molecule has 0 radical (unpaired) electrons. The van der Waals surface area contributed by atoms with Crippen LogP contribution in [0.15, 0.2) is 18.3 Å². The molecule has 2 atom stereocenters. The van der Waals surface area contributed by atoms with Crippen LogP contribution in [0.2, 0.25) is 0 Å². The topological polar surface area (TPSA) is 60.5 Å². The van der Waals surface area contributed by atoms with Gasteiger partial charge in [-0.1, -0.05) is 6.07 Å². The van der Waals surface area contributed by atoms with Crippen LogP contribution in [0.1, 0.15) is 5.56 Å². The van der Waals surface area contributed by atoms with Crippen molar-refractivity contribution in [3.8, 4) is 0 Å². The van der Waals surface area contributed by atoms with Crippen LogP contribution in [0.5, 0.6) is 0 Å². The van der Waals surface area contributed by atoms with Gasteiger partial charge in [-0.05, 0) is 18.1 Å². The highest BCUT2D eigenvalue weighted by atomic mass is 16.7. The van der Waals surface area contributed by atoms with Crippen molar-refractivity contribution in [1.82, 2.24) is 4.98 Å². The number of aromatic nitrogens is 1. The summed E-state index contributed by atoms with van der Waals surface area (Å²) in [5.41, 5.74) is 1.05. The summed E-state index contributed by atoms with van der Waals surface area (Å²) in [6.45, 7) is 0. The molecule has 0 fully saturated rings. The number of nitrogens with one attached hydrogen (secondary N) is 1. The average Bonchev–Trinajstić information content (AvgIpc) is 2.39. The van der Waals surface area contributed by atoms with E-state index < -0.39 is 6.29 Å². The first kappa shape index (κ1) is 12.0. The van der Waals surface area contributed by atoms with Crippen LogP contribution < -0.4 is 5.32 Å². The first-order chi connectivity index (χ1) is 8.30. The second-order valence-corrected chi connectivity index (χ2v) is 4.03. The van der Waals surface area contributed by atoms with E-state index in [4.69, 9.17) is 9.47 Å². The van der Waals surface area contributed by atoms with Gasteiger partial charge in [0.2, 0.25) is 0 Å². The van der Waals surface area contributed by atoms with Gasteiger partial charge in [0.15, 0.2) is 6.29 Å². The van der Waals surface area contributed by atoms with Gasteiger partial charge < -0.3 is 19.6 Å². The highest BCUT2D eigenvalue weighted by Gasteiger charge is 2.34. The van der Waals surface area contributed by atoms with Crippen LogP contribution >= 0.6 is 0 Å². The number of carbonyl (C=O) groups excluding carboxylic acids is 1. The fourth-order valence-electron chi connectivity index (χ4n) is 2.17. The maximum absolute atomic E-state index is 11.1. The molecule has 1 N–H and O–H groups in total. The Morgan fingerprint density at radius 3 is 2.94 bits per heavy atom. The zero-order chi connectivity index (χ0) is 12.3. The van der Waals surface area contributed by atoms with E-state index in [-0.39, 0.29) is 12.0 Å². The van der Waals surface area contributed by atoms with E-state index in [9.17, 15) is 4.79 Å². The van der Waals surface area contributed by atoms with Crippen molar-refractivity contribution in [2.24, 2.45) is 5.92 Å². The lowest BCUT2D eigenvalue weighted by Crippen LogP contribution is -2.46. The van der Waals surface area contributed by atoms with Gasteiger partial charge in [0.1, 0.15) is 12.1 Å². The lowest BCUT2D eigenvalue weighted by atomic mass is 9.89. The Hall–Kier alpha value is -1.46. The summed E-state index contributed by atoms with van der Waals surface area (Å²) in [7, 11) is 3.12. The molecule has 0 aliphatic carbocycles. The van der Waals surface area contributed by atoms with E-state index in [1.54, 1.807) is 20.4 Å². The van der Waals surface area contributed by atoms with Crippen LogP contribution in [0.3, 0.4) is 0 Å². The summed E-state index contributed by atoms with van der Waals surface area (Å²) in [6.07, 6.45) is 2.87. The molecular formula is C12H16N2O3. The van der Waals surface area contributed by atoms with Crippen LogP contribution in [0.4, 0.5) is 5.82 Å². The second kappa shape index (κ2) is 5.25. The Bertz CT molecular complexity index is 393. The number of rotatable bonds is 4. The monoisotopic (exact) mass is 236 g/mol. The van der Waals surface area contributed by atoms with Gasteiger partial charge in [0.25, 0.3) is 0 Å². The summed E-state index contributed by atoms with van der Waals surface area (Å²) >= 11 is 0. The molecule has 1 aliphatic rings. The number of carbonyl (C=O) groups is 1. The Balaban J connectivity index is 2.26. The molecule has 0 amide bonds. The second-order valence-electron chi connectivity index (χ2n) is 4.03. The van der Waals surface area contributed by atoms with Crippen LogP contribution in [-0.4, -0.2) is 37.8 Å². The van der Waals surface area contributed by atoms with Crippen molar-refractivity contribution in [3.63, 3.8) is 0 Å². The van der Waals surface area contributed by atoms with Crippen LogP contribution in [0, 0.1) is 5.92 Å². The lowest BCUT2D eigenvalue weighted by Gasteiger charge is -2.34. The van der Waals surface area contributed by atoms with Gasteiger partial charge in [-0.3, -0.25) is 0 Å². The molecule has 0 saturated heterocycles. The molecule has 1 aliphatic heterocycles. The first-order valence-electron chi connectivity index (χ1n) is 5.51. The molecule has 0 saturated carbocycles. The largest absolute Gasteiger partial charge is 0.361 e. The van der Waals surface area contributed by atoms with Crippen LogP contribution in [0.25, 0.3) is 0 Å². The number of pyridine rings is 1. The molecule has 1 aromatic rings. The third kappa shape index (κ3) is 2.30. The lowest BCUT2D eigenvalue weighted by molar-refractivity contribution is -0.131. The molecule has 2 heterocycles. The van der Waals surface area contributed by atoms with Crippen molar-refractivity contribution < 1.29 is 14.3 Å². The predicted octanol–water partition coefficient (Wildman–Crippen LogP) is 0.852. The summed E-state index contributed by atoms with van der Waals surface area (Å²) in [5.74, 6) is 0.631. The molecular weight excluding hydrogens is 220 g/mol. The van der Waals surface area contributed by atoms with E-state index in [0.29, 0.717) is 6.42 Å². The van der Waals surface area contributed by atoms with E-state index in [1.807, 2.05) is 12.1 Å². The molecule has 92 valence electrons. The van der Waals surface area contributed by atoms with Crippen molar-refractivity contribution in [3.05, 3.63) is 23.9 Å². The Morgan fingerprint density at radius 2 is 2.29 bits per heavy atom. The molecule has 1 aromatic heterocycles.